The molecule has 1 heterocycles. The highest BCUT2D eigenvalue weighted by Gasteiger charge is 2.18. The van der Waals surface area contributed by atoms with Crippen LogP contribution in [0.1, 0.15) is 53.5 Å². The van der Waals surface area contributed by atoms with Crippen molar-refractivity contribution < 1.29 is 14.3 Å². The van der Waals surface area contributed by atoms with Gasteiger partial charge >= 0.3 is 5.97 Å². The van der Waals surface area contributed by atoms with Gasteiger partial charge in [-0.3, -0.25) is 4.79 Å². The summed E-state index contributed by atoms with van der Waals surface area (Å²) >= 11 is 0. The smallest absolute Gasteiger partial charge is 0.338 e. The Hall–Kier alpha value is -2.96. The fourth-order valence-corrected chi connectivity index (χ4v) is 2.90. The van der Waals surface area contributed by atoms with Gasteiger partial charge in [0.15, 0.2) is 11.5 Å². The molecule has 1 aliphatic carbocycles. The molecule has 1 amide bonds. The van der Waals surface area contributed by atoms with Crippen LogP contribution in [0.25, 0.3) is 0 Å². The minimum atomic E-state index is -0.350. The maximum atomic E-state index is 12.1. The first-order valence-electron chi connectivity index (χ1n) is 8.84. The zero-order valence-corrected chi connectivity index (χ0v) is 14.7. The van der Waals surface area contributed by atoms with Crippen LogP contribution < -0.4 is 10.6 Å². The van der Waals surface area contributed by atoms with Gasteiger partial charge in [0.25, 0.3) is 5.91 Å². The Morgan fingerprint density at radius 3 is 2.42 bits per heavy atom. The Labute approximate surface area is 152 Å². The number of benzene rings is 1. The van der Waals surface area contributed by atoms with Crippen molar-refractivity contribution >= 4 is 23.4 Å². The standard InChI is InChI=1S/C19H22N4O3/c1-2-26-19(25)13-7-9-15(10-8-13)20-17-12-11-16(22-23-17)18(24)21-14-5-3-4-6-14/h7-12,14H,2-6H2,1H3,(H,20,23)(H,21,24). The molecule has 2 N–H and O–H groups in total. The van der Waals surface area contributed by atoms with Gasteiger partial charge in [-0.2, -0.15) is 0 Å². The van der Waals surface area contributed by atoms with E-state index in [1.54, 1.807) is 43.3 Å². The molecule has 0 spiro atoms. The maximum absolute atomic E-state index is 12.1. The lowest BCUT2D eigenvalue weighted by Gasteiger charge is -2.11. The second-order valence-electron chi connectivity index (χ2n) is 6.18. The van der Waals surface area contributed by atoms with E-state index < -0.39 is 0 Å². The van der Waals surface area contributed by atoms with E-state index in [1.165, 1.54) is 0 Å². The van der Waals surface area contributed by atoms with Gasteiger partial charge in [0.05, 0.1) is 12.2 Å². The number of carbonyl (C=O) groups excluding carboxylic acids is 2. The van der Waals surface area contributed by atoms with Crippen molar-refractivity contribution in [3.05, 3.63) is 47.7 Å². The third-order valence-corrected chi connectivity index (χ3v) is 4.26. The summed E-state index contributed by atoms with van der Waals surface area (Å²) in [5.74, 6) is -0.0162. The summed E-state index contributed by atoms with van der Waals surface area (Å²) in [6.07, 6.45) is 4.38. The summed E-state index contributed by atoms with van der Waals surface area (Å²) in [4.78, 5) is 23.8. The second-order valence-corrected chi connectivity index (χ2v) is 6.18. The first-order chi connectivity index (χ1) is 12.7. The molecule has 7 nitrogen and oxygen atoms in total. The third kappa shape index (κ3) is 4.56. The van der Waals surface area contributed by atoms with Crippen LogP contribution in [-0.2, 0) is 4.74 Å². The number of aromatic nitrogens is 2. The Bertz CT molecular complexity index is 753. The minimum absolute atomic E-state index is 0.185. The molecule has 1 fully saturated rings. The first kappa shape index (κ1) is 17.8. The van der Waals surface area contributed by atoms with E-state index in [-0.39, 0.29) is 17.9 Å². The van der Waals surface area contributed by atoms with Crippen LogP contribution in [0.2, 0.25) is 0 Å². The van der Waals surface area contributed by atoms with Crippen LogP contribution >= 0.6 is 0 Å². The van der Waals surface area contributed by atoms with E-state index in [1.807, 2.05) is 0 Å². The van der Waals surface area contributed by atoms with Crippen molar-refractivity contribution in [3.63, 3.8) is 0 Å². The van der Waals surface area contributed by atoms with E-state index in [0.29, 0.717) is 23.7 Å². The van der Waals surface area contributed by atoms with E-state index in [0.717, 1.165) is 31.4 Å². The van der Waals surface area contributed by atoms with Gasteiger partial charge in [-0.05, 0) is 56.2 Å². The minimum Gasteiger partial charge on any atom is -0.462 e. The number of esters is 1. The van der Waals surface area contributed by atoms with Crippen LogP contribution in [0.5, 0.6) is 0 Å². The van der Waals surface area contributed by atoms with Crippen LogP contribution in [0.4, 0.5) is 11.5 Å². The van der Waals surface area contributed by atoms with Gasteiger partial charge in [0, 0.05) is 11.7 Å². The molecule has 2 aromatic rings. The van der Waals surface area contributed by atoms with Crippen molar-refractivity contribution in [2.75, 3.05) is 11.9 Å². The van der Waals surface area contributed by atoms with Gasteiger partial charge in [0.2, 0.25) is 0 Å². The van der Waals surface area contributed by atoms with E-state index >= 15 is 0 Å². The van der Waals surface area contributed by atoms with Crippen molar-refractivity contribution in [1.29, 1.82) is 0 Å². The molecule has 1 aromatic carbocycles. The Balaban J connectivity index is 1.58. The fourth-order valence-electron chi connectivity index (χ4n) is 2.90. The number of carbonyl (C=O) groups is 2. The Morgan fingerprint density at radius 1 is 1.08 bits per heavy atom. The summed E-state index contributed by atoms with van der Waals surface area (Å²) in [5.41, 5.74) is 1.55. The molecule has 0 saturated heterocycles. The number of rotatable bonds is 6. The quantitative estimate of drug-likeness (QED) is 0.775. The van der Waals surface area contributed by atoms with E-state index in [9.17, 15) is 9.59 Å². The van der Waals surface area contributed by atoms with Gasteiger partial charge in [-0.1, -0.05) is 12.8 Å². The molecular weight excluding hydrogens is 332 g/mol. The van der Waals surface area contributed by atoms with Gasteiger partial charge in [-0.25, -0.2) is 4.79 Å². The van der Waals surface area contributed by atoms with E-state index in [2.05, 4.69) is 20.8 Å². The fraction of sp³-hybridized carbons (Fsp3) is 0.368. The molecule has 1 aromatic heterocycles. The predicted molar refractivity (Wildman–Crippen MR) is 97.4 cm³/mol. The first-order valence-corrected chi connectivity index (χ1v) is 8.84. The number of hydrogen-bond donors (Lipinski definition) is 2. The normalized spacial score (nSPS) is 14.0. The van der Waals surface area contributed by atoms with Crippen molar-refractivity contribution in [2.24, 2.45) is 0 Å². The average molecular weight is 354 g/mol. The van der Waals surface area contributed by atoms with Crippen LogP contribution in [-0.4, -0.2) is 34.7 Å². The third-order valence-electron chi connectivity index (χ3n) is 4.26. The Morgan fingerprint density at radius 2 is 1.81 bits per heavy atom. The summed E-state index contributed by atoms with van der Waals surface area (Å²) in [7, 11) is 0. The molecule has 7 heteroatoms. The molecule has 0 bridgehead atoms. The SMILES string of the molecule is CCOC(=O)c1ccc(Nc2ccc(C(=O)NC3CCCC3)nn2)cc1. The second kappa shape index (κ2) is 8.42. The predicted octanol–water partition coefficient (Wildman–Crippen LogP) is 3.07. The van der Waals surface area contributed by atoms with E-state index in [4.69, 9.17) is 4.74 Å². The van der Waals surface area contributed by atoms with Crippen LogP contribution in [0.15, 0.2) is 36.4 Å². The zero-order chi connectivity index (χ0) is 18.4. The molecule has 0 atom stereocenters. The summed E-state index contributed by atoms with van der Waals surface area (Å²) < 4.78 is 4.95. The number of anilines is 2. The average Bonchev–Trinajstić information content (AvgIpc) is 3.16. The van der Waals surface area contributed by atoms with Crippen LogP contribution in [0, 0.1) is 0 Å². The summed E-state index contributed by atoms with van der Waals surface area (Å²) in [6, 6.07) is 10.5. The highest BCUT2D eigenvalue weighted by atomic mass is 16.5. The number of amides is 1. The molecule has 1 saturated carbocycles. The molecule has 0 radical (unpaired) electrons. The molecule has 0 aliphatic heterocycles. The molecule has 3 rings (SSSR count). The maximum Gasteiger partial charge on any atom is 0.338 e. The summed E-state index contributed by atoms with van der Waals surface area (Å²) in [5, 5.41) is 14.1. The highest BCUT2D eigenvalue weighted by Crippen LogP contribution is 2.18. The number of hydrogen-bond acceptors (Lipinski definition) is 6. The highest BCUT2D eigenvalue weighted by molar-refractivity contribution is 5.92. The molecule has 136 valence electrons. The lowest BCUT2D eigenvalue weighted by molar-refractivity contribution is 0.0526. The largest absolute Gasteiger partial charge is 0.462 e. The van der Waals surface area contributed by atoms with Crippen LogP contribution in [0.3, 0.4) is 0 Å². The number of ether oxygens (including phenoxy) is 1. The van der Waals surface area contributed by atoms with Crippen molar-refractivity contribution in [2.45, 2.75) is 38.6 Å². The number of nitrogens with one attached hydrogen (secondary N) is 2. The van der Waals surface area contributed by atoms with Gasteiger partial charge in [-0.15, -0.1) is 10.2 Å². The zero-order valence-electron chi connectivity index (χ0n) is 14.7. The van der Waals surface area contributed by atoms with Gasteiger partial charge in [0.1, 0.15) is 0 Å². The molecule has 0 unspecified atom stereocenters. The topological polar surface area (TPSA) is 93.2 Å². The lowest BCUT2D eigenvalue weighted by Crippen LogP contribution is -2.33. The number of nitrogens with zero attached hydrogens (tertiary/aromatic N) is 2. The monoisotopic (exact) mass is 354 g/mol. The van der Waals surface area contributed by atoms with Crippen molar-refractivity contribution in [3.8, 4) is 0 Å². The molecular formula is C19H22N4O3. The lowest BCUT2D eigenvalue weighted by atomic mass is 10.2. The molecule has 1 aliphatic rings. The Kier molecular flexibility index (Phi) is 5.78. The summed E-state index contributed by atoms with van der Waals surface area (Å²) in [6.45, 7) is 2.11. The molecule has 26 heavy (non-hydrogen) atoms. The van der Waals surface area contributed by atoms with Gasteiger partial charge < -0.3 is 15.4 Å². The van der Waals surface area contributed by atoms with Crippen molar-refractivity contribution in [1.82, 2.24) is 15.5 Å².